The molecule has 0 aliphatic heterocycles. The Kier molecular flexibility index (Phi) is 2.91. The Bertz CT molecular complexity index is 394. The fourth-order valence-corrected chi connectivity index (χ4v) is 3.51. The number of hydrogen-bond acceptors (Lipinski definition) is 1. The molecule has 0 spiro atoms. The molecule has 3 rings (SSSR count). The summed E-state index contributed by atoms with van der Waals surface area (Å²) in [6.45, 7) is 3.01. The van der Waals surface area contributed by atoms with E-state index in [1.165, 1.54) is 19.3 Å². The molecule has 0 saturated heterocycles. The monoisotopic (exact) mass is 233 g/mol. The van der Waals surface area contributed by atoms with Crippen molar-refractivity contribution < 1.29 is 4.39 Å². The van der Waals surface area contributed by atoms with E-state index in [0.717, 1.165) is 23.9 Å². The summed E-state index contributed by atoms with van der Waals surface area (Å²) >= 11 is 0. The SMILES string of the molecule is CCNC(c1ccccc1F)C1CC2CC2C1. The summed E-state index contributed by atoms with van der Waals surface area (Å²) in [4.78, 5) is 0. The van der Waals surface area contributed by atoms with Gasteiger partial charge in [-0.15, -0.1) is 0 Å². The Morgan fingerprint density at radius 2 is 1.94 bits per heavy atom. The topological polar surface area (TPSA) is 12.0 Å². The minimum atomic E-state index is -0.0565. The fourth-order valence-electron chi connectivity index (χ4n) is 3.51. The quantitative estimate of drug-likeness (QED) is 0.839. The van der Waals surface area contributed by atoms with Crippen LogP contribution in [0.5, 0.6) is 0 Å². The van der Waals surface area contributed by atoms with Gasteiger partial charge in [0.15, 0.2) is 0 Å². The predicted molar refractivity (Wildman–Crippen MR) is 67.1 cm³/mol. The Hall–Kier alpha value is -0.890. The maximum Gasteiger partial charge on any atom is 0.127 e. The summed E-state index contributed by atoms with van der Waals surface area (Å²) in [6, 6.07) is 7.45. The molecule has 0 amide bonds. The van der Waals surface area contributed by atoms with Crippen molar-refractivity contribution in [2.75, 3.05) is 6.54 Å². The Morgan fingerprint density at radius 1 is 1.24 bits per heavy atom. The lowest BCUT2D eigenvalue weighted by molar-refractivity contribution is 0.338. The molecule has 2 aliphatic rings. The third kappa shape index (κ3) is 2.11. The molecule has 1 nitrogen and oxygen atoms in total. The molecule has 2 saturated carbocycles. The van der Waals surface area contributed by atoms with E-state index in [2.05, 4.69) is 12.2 Å². The van der Waals surface area contributed by atoms with E-state index in [1.54, 1.807) is 12.1 Å². The highest BCUT2D eigenvalue weighted by Crippen LogP contribution is 2.57. The molecule has 3 unspecified atom stereocenters. The molecule has 17 heavy (non-hydrogen) atoms. The Labute approximate surface area is 102 Å². The molecule has 0 aromatic heterocycles. The lowest BCUT2D eigenvalue weighted by Gasteiger charge is -2.26. The van der Waals surface area contributed by atoms with Gasteiger partial charge >= 0.3 is 0 Å². The second-order valence-corrected chi connectivity index (χ2v) is 5.54. The van der Waals surface area contributed by atoms with Crippen LogP contribution in [0.2, 0.25) is 0 Å². The van der Waals surface area contributed by atoms with Crippen molar-refractivity contribution in [2.24, 2.45) is 17.8 Å². The van der Waals surface area contributed by atoms with Crippen molar-refractivity contribution in [3.05, 3.63) is 35.6 Å². The maximum absolute atomic E-state index is 13.9. The number of halogens is 1. The van der Waals surface area contributed by atoms with E-state index in [1.807, 2.05) is 12.1 Å². The highest BCUT2D eigenvalue weighted by molar-refractivity contribution is 5.23. The van der Waals surface area contributed by atoms with Crippen molar-refractivity contribution in [1.29, 1.82) is 0 Å². The summed E-state index contributed by atoms with van der Waals surface area (Å²) < 4.78 is 13.9. The number of rotatable bonds is 4. The summed E-state index contributed by atoms with van der Waals surface area (Å²) in [6.07, 6.45) is 4.00. The molecule has 92 valence electrons. The van der Waals surface area contributed by atoms with Crippen LogP contribution >= 0.6 is 0 Å². The lowest BCUT2D eigenvalue weighted by Crippen LogP contribution is -2.28. The van der Waals surface area contributed by atoms with Crippen molar-refractivity contribution in [3.8, 4) is 0 Å². The average molecular weight is 233 g/mol. The van der Waals surface area contributed by atoms with E-state index in [4.69, 9.17) is 0 Å². The Morgan fingerprint density at radius 3 is 2.59 bits per heavy atom. The van der Waals surface area contributed by atoms with Gasteiger partial charge in [-0.1, -0.05) is 25.1 Å². The Balaban J connectivity index is 1.81. The molecular formula is C15H20FN. The van der Waals surface area contributed by atoms with E-state index < -0.39 is 0 Å². The van der Waals surface area contributed by atoms with Crippen molar-refractivity contribution >= 4 is 0 Å². The summed E-state index contributed by atoms with van der Waals surface area (Å²) in [5.41, 5.74) is 0.862. The predicted octanol–water partition coefficient (Wildman–Crippen LogP) is 3.52. The number of nitrogens with one attached hydrogen (secondary N) is 1. The summed E-state index contributed by atoms with van der Waals surface area (Å²) in [7, 11) is 0. The summed E-state index contributed by atoms with van der Waals surface area (Å²) in [5.74, 6) is 2.48. The highest BCUT2D eigenvalue weighted by Gasteiger charge is 2.48. The van der Waals surface area contributed by atoms with Crippen molar-refractivity contribution in [2.45, 2.75) is 32.2 Å². The van der Waals surface area contributed by atoms with Gasteiger partial charge in [0.05, 0.1) is 0 Å². The molecule has 1 aromatic rings. The standard InChI is InChI=1S/C15H20FN/c1-2-17-15(12-8-10-7-11(10)9-12)13-5-3-4-6-14(13)16/h3-6,10-12,15,17H,2,7-9H2,1H3. The van der Waals surface area contributed by atoms with Crippen LogP contribution in [0.1, 0.15) is 37.8 Å². The van der Waals surface area contributed by atoms with Crippen LogP contribution in [-0.2, 0) is 0 Å². The molecule has 2 fully saturated rings. The van der Waals surface area contributed by atoms with Gasteiger partial charge in [0.2, 0.25) is 0 Å². The van der Waals surface area contributed by atoms with Crippen LogP contribution in [-0.4, -0.2) is 6.54 Å². The van der Waals surface area contributed by atoms with Gasteiger partial charge in [-0.05, 0) is 49.6 Å². The zero-order valence-electron chi connectivity index (χ0n) is 10.3. The molecule has 1 N–H and O–H groups in total. The molecule has 1 aromatic carbocycles. The van der Waals surface area contributed by atoms with Gasteiger partial charge in [0.25, 0.3) is 0 Å². The first-order chi connectivity index (χ1) is 8.29. The van der Waals surface area contributed by atoms with Gasteiger partial charge in [-0.25, -0.2) is 4.39 Å². The summed E-state index contributed by atoms with van der Waals surface area (Å²) in [5, 5.41) is 3.48. The molecular weight excluding hydrogens is 213 g/mol. The molecule has 0 bridgehead atoms. The van der Waals surface area contributed by atoms with Gasteiger partial charge < -0.3 is 5.32 Å². The van der Waals surface area contributed by atoms with Crippen LogP contribution in [0.25, 0.3) is 0 Å². The van der Waals surface area contributed by atoms with Crippen LogP contribution < -0.4 is 5.32 Å². The number of hydrogen-bond donors (Lipinski definition) is 1. The third-order valence-corrected chi connectivity index (χ3v) is 4.42. The molecule has 2 heteroatoms. The zero-order chi connectivity index (χ0) is 11.8. The maximum atomic E-state index is 13.9. The smallest absolute Gasteiger partial charge is 0.127 e. The molecule has 3 atom stereocenters. The van der Waals surface area contributed by atoms with Gasteiger partial charge in [-0.2, -0.15) is 0 Å². The van der Waals surface area contributed by atoms with Crippen LogP contribution in [0.4, 0.5) is 4.39 Å². The van der Waals surface area contributed by atoms with E-state index in [0.29, 0.717) is 5.92 Å². The van der Waals surface area contributed by atoms with Crippen LogP contribution in [0.3, 0.4) is 0 Å². The minimum absolute atomic E-state index is 0.0565. The fraction of sp³-hybridized carbons (Fsp3) is 0.600. The molecule has 0 radical (unpaired) electrons. The van der Waals surface area contributed by atoms with Gasteiger partial charge in [-0.3, -0.25) is 0 Å². The number of benzene rings is 1. The largest absolute Gasteiger partial charge is 0.310 e. The first-order valence-electron chi connectivity index (χ1n) is 6.77. The zero-order valence-corrected chi connectivity index (χ0v) is 10.3. The normalized spacial score (nSPS) is 32.2. The first-order valence-corrected chi connectivity index (χ1v) is 6.77. The van der Waals surface area contributed by atoms with Gasteiger partial charge in [0, 0.05) is 11.6 Å². The first kappa shape index (κ1) is 11.2. The minimum Gasteiger partial charge on any atom is -0.310 e. The van der Waals surface area contributed by atoms with E-state index in [9.17, 15) is 4.39 Å². The van der Waals surface area contributed by atoms with E-state index in [-0.39, 0.29) is 11.9 Å². The molecule has 2 aliphatic carbocycles. The van der Waals surface area contributed by atoms with Crippen molar-refractivity contribution in [1.82, 2.24) is 5.32 Å². The average Bonchev–Trinajstić information content (AvgIpc) is 2.95. The van der Waals surface area contributed by atoms with Crippen molar-refractivity contribution in [3.63, 3.8) is 0 Å². The second-order valence-electron chi connectivity index (χ2n) is 5.54. The molecule has 0 heterocycles. The second kappa shape index (κ2) is 4.41. The third-order valence-electron chi connectivity index (χ3n) is 4.42. The number of fused-ring (bicyclic) bond motifs is 1. The van der Waals surface area contributed by atoms with Crippen LogP contribution in [0.15, 0.2) is 24.3 Å². The highest BCUT2D eigenvalue weighted by atomic mass is 19.1. The lowest BCUT2D eigenvalue weighted by atomic mass is 9.89. The van der Waals surface area contributed by atoms with Gasteiger partial charge in [0.1, 0.15) is 5.82 Å². The van der Waals surface area contributed by atoms with E-state index >= 15 is 0 Å². The van der Waals surface area contributed by atoms with Crippen LogP contribution in [0, 0.1) is 23.6 Å².